The molecule has 0 heterocycles. The summed E-state index contributed by atoms with van der Waals surface area (Å²) >= 11 is 0. The molecule has 0 aliphatic rings. The SMILES string of the molecule is COc1ccc(C)cc1NC(C)=O.[NaH]. The average Bonchev–Trinajstić information content (AvgIpc) is 2.03. The second-order valence-corrected chi connectivity index (χ2v) is 2.88. The van der Waals surface area contributed by atoms with Crippen molar-refractivity contribution in [2.24, 2.45) is 0 Å². The Bertz CT molecular complexity index is 326. The number of carbonyl (C=O) groups excluding carboxylic acids is 1. The fourth-order valence-corrected chi connectivity index (χ4v) is 1.11. The number of rotatable bonds is 2. The molecule has 1 aromatic rings. The molecule has 0 radical (unpaired) electrons. The van der Waals surface area contributed by atoms with Gasteiger partial charge in [0.15, 0.2) is 0 Å². The quantitative estimate of drug-likeness (QED) is 0.736. The van der Waals surface area contributed by atoms with Crippen molar-refractivity contribution in [3.8, 4) is 5.75 Å². The van der Waals surface area contributed by atoms with E-state index in [4.69, 9.17) is 4.74 Å². The van der Waals surface area contributed by atoms with Crippen LogP contribution in [0.5, 0.6) is 5.75 Å². The number of benzene rings is 1. The number of amides is 1. The van der Waals surface area contributed by atoms with E-state index in [1.54, 1.807) is 7.11 Å². The number of methoxy groups -OCH3 is 1. The van der Waals surface area contributed by atoms with Gasteiger partial charge in [0.2, 0.25) is 5.91 Å². The van der Waals surface area contributed by atoms with Gasteiger partial charge in [-0.3, -0.25) is 4.79 Å². The van der Waals surface area contributed by atoms with E-state index in [1.165, 1.54) is 6.92 Å². The van der Waals surface area contributed by atoms with Crippen LogP contribution in [-0.2, 0) is 4.79 Å². The first kappa shape index (κ1) is 13.5. The van der Waals surface area contributed by atoms with Crippen molar-refractivity contribution >= 4 is 41.2 Å². The Morgan fingerprint density at radius 1 is 1.43 bits per heavy atom. The van der Waals surface area contributed by atoms with E-state index in [9.17, 15) is 4.79 Å². The normalized spacial score (nSPS) is 8.79. The van der Waals surface area contributed by atoms with E-state index < -0.39 is 0 Å². The van der Waals surface area contributed by atoms with Gasteiger partial charge >= 0.3 is 29.6 Å². The van der Waals surface area contributed by atoms with E-state index in [1.807, 2.05) is 25.1 Å². The van der Waals surface area contributed by atoms with E-state index >= 15 is 0 Å². The Morgan fingerprint density at radius 2 is 2.07 bits per heavy atom. The predicted octanol–water partition coefficient (Wildman–Crippen LogP) is 1.31. The Morgan fingerprint density at radius 3 is 2.57 bits per heavy atom. The summed E-state index contributed by atoms with van der Waals surface area (Å²) in [5.41, 5.74) is 1.81. The minimum absolute atomic E-state index is 0. The van der Waals surface area contributed by atoms with Crippen LogP contribution in [0.3, 0.4) is 0 Å². The van der Waals surface area contributed by atoms with Crippen LogP contribution in [0.1, 0.15) is 12.5 Å². The van der Waals surface area contributed by atoms with Gasteiger partial charge in [-0.2, -0.15) is 0 Å². The van der Waals surface area contributed by atoms with Gasteiger partial charge in [-0.25, -0.2) is 0 Å². The monoisotopic (exact) mass is 203 g/mol. The third-order valence-electron chi connectivity index (χ3n) is 1.67. The van der Waals surface area contributed by atoms with Crippen LogP contribution in [0, 0.1) is 6.92 Å². The van der Waals surface area contributed by atoms with Gasteiger partial charge in [-0.05, 0) is 24.6 Å². The Balaban J connectivity index is 0.00000169. The van der Waals surface area contributed by atoms with Gasteiger partial charge < -0.3 is 10.1 Å². The van der Waals surface area contributed by atoms with Gasteiger partial charge in [0, 0.05) is 6.92 Å². The molecule has 0 fully saturated rings. The summed E-state index contributed by atoms with van der Waals surface area (Å²) in [5, 5.41) is 2.70. The van der Waals surface area contributed by atoms with Crippen LogP contribution in [-0.4, -0.2) is 42.6 Å². The molecule has 0 spiro atoms. The Labute approximate surface area is 106 Å². The Hall–Kier alpha value is -0.510. The summed E-state index contributed by atoms with van der Waals surface area (Å²) in [6.07, 6.45) is 0. The minimum atomic E-state index is -0.0936. The number of aryl methyl sites for hydroxylation is 1. The van der Waals surface area contributed by atoms with Crippen molar-refractivity contribution in [3.05, 3.63) is 23.8 Å². The fraction of sp³-hybridized carbons (Fsp3) is 0.300. The molecule has 1 amide bonds. The summed E-state index contributed by atoms with van der Waals surface area (Å²) < 4.78 is 5.09. The molecule has 0 aromatic heterocycles. The molecule has 4 heteroatoms. The van der Waals surface area contributed by atoms with Crippen LogP contribution >= 0.6 is 0 Å². The van der Waals surface area contributed by atoms with Crippen molar-refractivity contribution in [1.82, 2.24) is 0 Å². The van der Waals surface area contributed by atoms with Gasteiger partial charge in [0.25, 0.3) is 0 Å². The van der Waals surface area contributed by atoms with E-state index in [0.29, 0.717) is 5.75 Å². The molecule has 1 aromatic carbocycles. The number of nitrogens with one attached hydrogen (secondary N) is 1. The molecule has 72 valence electrons. The second-order valence-electron chi connectivity index (χ2n) is 2.88. The zero-order valence-corrected chi connectivity index (χ0v) is 8.05. The zero-order chi connectivity index (χ0) is 9.84. The van der Waals surface area contributed by atoms with E-state index in [-0.39, 0.29) is 35.5 Å². The summed E-state index contributed by atoms with van der Waals surface area (Å²) in [7, 11) is 1.58. The molecule has 0 saturated heterocycles. The van der Waals surface area contributed by atoms with Crippen LogP contribution in [0.4, 0.5) is 5.69 Å². The molecule has 14 heavy (non-hydrogen) atoms. The van der Waals surface area contributed by atoms with Gasteiger partial charge in [-0.1, -0.05) is 6.07 Å². The van der Waals surface area contributed by atoms with Crippen molar-refractivity contribution in [2.75, 3.05) is 12.4 Å². The maximum atomic E-state index is 10.8. The van der Waals surface area contributed by atoms with Crippen LogP contribution in [0.25, 0.3) is 0 Å². The summed E-state index contributed by atoms with van der Waals surface area (Å²) in [6.45, 7) is 3.44. The topological polar surface area (TPSA) is 38.3 Å². The Kier molecular flexibility index (Phi) is 5.84. The number of hydrogen-bond acceptors (Lipinski definition) is 2. The molecule has 0 bridgehead atoms. The van der Waals surface area contributed by atoms with Gasteiger partial charge in [0.05, 0.1) is 12.8 Å². The molecular formula is C10H14NNaO2. The third-order valence-corrected chi connectivity index (χ3v) is 1.67. The molecule has 0 aliphatic heterocycles. The second kappa shape index (κ2) is 6.06. The summed E-state index contributed by atoms with van der Waals surface area (Å²) in [5.74, 6) is 0.588. The van der Waals surface area contributed by atoms with Crippen molar-refractivity contribution in [3.63, 3.8) is 0 Å². The molecule has 1 N–H and O–H groups in total. The molecule has 1 rings (SSSR count). The van der Waals surface area contributed by atoms with Crippen molar-refractivity contribution in [1.29, 1.82) is 0 Å². The number of hydrogen-bond donors (Lipinski definition) is 1. The zero-order valence-electron chi connectivity index (χ0n) is 8.05. The number of anilines is 1. The average molecular weight is 203 g/mol. The molecular weight excluding hydrogens is 189 g/mol. The van der Waals surface area contributed by atoms with Gasteiger partial charge in [0.1, 0.15) is 5.75 Å². The summed E-state index contributed by atoms with van der Waals surface area (Å²) in [4.78, 5) is 10.8. The first-order chi connectivity index (χ1) is 6.13. The molecule has 3 nitrogen and oxygen atoms in total. The molecule has 0 unspecified atom stereocenters. The van der Waals surface area contributed by atoms with Gasteiger partial charge in [-0.15, -0.1) is 0 Å². The first-order valence-corrected chi connectivity index (χ1v) is 4.05. The number of ether oxygens (including phenoxy) is 1. The standard InChI is InChI=1S/C10H13NO2.Na.H/c1-7-4-5-10(13-3)9(6-7)11-8(2)12;;/h4-6H,1-3H3,(H,11,12);;. The first-order valence-electron chi connectivity index (χ1n) is 4.05. The predicted molar refractivity (Wildman–Crippen MR) is 59.2 cm³/mol. The third kappa shape index (κ3) is 3.70. The van der Waals surface area contributed by atoms with Crippen molar-refractivity contribution in [2.45, 2.75) is 13.8 Å². The maximum absolute atomic E-state index is 10.8. The number of carbonyl (C=O) groups is 1. The van der Waals surface area contributed by atoms with Crippen LogP contribution in [0.15, 0.2) is 18.2 Å². The van der Waals surface area contributed by atoms with Crippen molar-refractivity contribution < 1.29 is 9.53 Å². The van der Waals surface area contributed by atoms with E-state index in [2.05, 4.69) is 5.32 Å². The van der Waals surface area contributed by atoms with E-state index in [0.717, 1.165) is 11.3 Å². The van der Waals surface area contributed by atoms with Crippen LogP contribution in [0.2, 0.25) is 0 Å². The summed E-state index contributed by atoms with van der Waals surface area (Å²) in [6, 6.07) is 5.64. The molecule has 0 saturated carbocycles. The molecule has 0 aliphatic carbocycles. The fourth-order valence-electron chi connectivity index (χ4n) is 1.11. The molecule has 0 atom stereocenters. The van der Waals surface area contributed by atoms with Crippen LogP contribution < -0.4 is 10.1 Å².